The van der Waals surface area contributed by atoms with Crippen molar-refractivity contribution in [2.75, 3.05) is 19.6 Å². The summed E-state index contributed by atoms with van der Waals surface area (Å²) in [5, 5.41) is 15.3. The number of nitrogens with one attached hydrogen (secondary N) is 2. The molecule has 2 amide bonds. The Morgan fingerprint density at radius 1 is 1.30 bits per heavy atom. The van der Waals surface area contributed by atoms with Gasteiger partial charge in [-0.3, -0.25) is 0 Å². The number of sulfonamides is 1. The lowest BCUT2D eigenvalue weighted by atomic mass is 10.1. The highest BCUT2D eigenvalue weighted by Crippen LogP contribution is 2.34. The van der Waals surface area contributed by atoms with Gasteiger partial charge in [-0.05, 0) is 61.7 Å². The van der Waals surface area contributed by atoms with Crippen LogP contribution in [0.15, 0.2) is 53.9 Å². The number of carbonyl (C=O) groups excluding carboxylic acids is 1. The molecule has 1 fully saturated rings. The second-order valence-corrected chi connectivity index (χ2v) is 10.0. The van der Waals surface area contributed by atoms with Gasteiger partial charge in [-0.2, -0.15) is 9.57 Å². The van der Waals surface area contributed by atoms with Crippen molar-refractivity contribution in [2.45, 2.75) is 30.7 Å². The highest BCUT2D eigenvalue weighted by atomic mass is 35.5. The fraction of sp³-hybridized carbons (Fsp3) is 0.304. The van der Waals surface area contributed by atoms with Crippen LogP contribution < -0.4 is 15.4 Å². The minimum absolute atomic E-state index is 0.0886. The van der Waals surface area contributed by atoms with Crippen molar-refractivity contribution < 1.29 is 17.9 Å². The van der Waals surface area contributed by atoms with Gasteiger partial charge in [0.05, 0.1) is 11.6 Å². The standard InChI is InChI=1S/C23H25ClN4O4S/c1-3-8-26-23(29)27-19-6-9-28(10-7-19)33(30,31)22-13-17(15-25)4-5-21(22)32-20-12-16(2)11-18(24)14-20/h3-5,11-14,19H,1,6-10H2,2H3,(H2,26,27,29). The summed E-state index contributed by atoms with van der Waals surface area (Å²) in [6, 6.07) is 10.9. The fourth-order valence-electron chi connectivity index (χ4n) is 3.53. The van der Waals surface area contributed by atoms with E-state index >= 15 is 0 Å². The number of rotatable bonds is 7. The zero-order valence-electron chi connectivity index (χ0n) is 18.2. The van der Waals surface area contributed by atoms with Crippen molar-refractivity contribution in [1.82, 2.24) is 14.9 Å². The van der Waals surface area contributed by atoms with E-state index < -0.39 is 10.0 Å². The number of urea groups is 1. The van der Waals surface area contributed by atoms with Gasteiger partial charge < -0.3 is 15.4 Å². The lowest BCUT2D eigenvalue weighted by Crippen LogP contribution is -2.49. The monoisotopic (exact) mass is 488 g/mol. The molecule has 0 unspecified atom stereocenters. The van der Waals surface area contributed by atoms with Gasteiger partial charge in [-0.25, -0.2) is 13.2 Å². The van der Waals surface area contributed by atoms with Gasteiger partial charge in [0.2, 0.25) is 10.0 Å². The molecule has 8 nitrogen and oxygen atoms in total. The summed E-state index contributed by atoms with van der Waals surface area (Å²) in [6.07, 6.45) is 2.50. The van der Waals surface area contributed by atoms with Crippen molar-refractivity contribution >= 4 is 27.7 Å². The van der Waals surface area contributed by atoms with Crippen LogP contribution in [-0.2, 0) is 10.0 Å². The number of piperidine rings is 1. The third kappa shape index (κ3) is 6.26. The molecule has 0 spiro atoms. The van der Waals surface area contributed by atoms with Gasteiger partial charge in [-0.1, -0.05) is 17.7 Å². The van der Waals surface area contributed by atoms with Gasteiger partial charge in [0.15, 0.2) is 0 Å². The Hall–Kier alpha value is -3.06. The van der Waals surface area contributed by atoms with Crippen LogP contribution in [0.2, 0.25) is 5.02 Å². The van der Waals surface area contributed by atoms with Crippen LogP contribution in [-0.4, -0.2) is 44.4 Å². The van der Waals surface area contributed by atoms with Crippen molar-refractivity contribution in [3.63, 3.8) is 0 Å². The van der Waals surface area contributed by atoms with E-state index in [1.54, 1.807) is 24.3 Å². The molecule has 3 rings (SSSR count). The number of hydrogen-bond donors (Lipinski definition) is 2. The van der Waals surface area contributed by atoms with Crippen LogP contribution in [0.3, 0.4) is 0 Å². The van der Waals surface area contributed by atoms with Crippen molar-refractivity contribution in [3.05, 3.63) is 65.2 Å². The van der Waals surface area contributed by atoms with E-state index in [4.69, 9.17) is 16.3 Å². The summed E-state index contributed by atoms with van der Waals surface area (Å²) < 4.78 is 34.2. The quantitative estimate of drug-likeness (QED) is 0.573. The molecule has 2 aromatic carbocycles. The van der Waals surface area contributed by atoms with E-state index in [9.17, 15) is 18.5 Å². The molecule has 1 aliphatic rings. The Morgan fingerprint density at radius 3 is 2.67 bits per heavy atom. The minimum Gasteiger partial charge on any atom is -0.456 e. The number of aryl methyl sites for hydroxylation is 1. The number of carbonyl (C=O) groups is 1. The third-order valence-electron chi connectivity index (χ3n) is 5.13. The molecule has 2 N–H and O–H groups in total. The van der Waals surface area contributed by atoms with Crippen LogP contribution in [0.4, 0.5) is 4.79 Å². The van der Waals surface area contributed by atoms with Crippen LogP contribution >= 0.6 is 11.6 Å². The molecular weight excluding hydrogens is 464 g/mol. The number of benzene rings is 2. The molecule has 1 saturated heterocycles. The molecule has 33 heavy (non-hydrogen) atoms. The zero-order chi connectivity index (χ0) is 24.0. The molecular formula is C23H25ClN4O4S. The number of nitrogens with zero attached hydrogens (tertiary/aromatic N) is 2. The van der Waals surface area contributed by atoms with Crippen molar-refractivity contribution in [2.24, 2.45) is 0 Å². The van der Waals surface area contributed by atoms with Gasteiger partial charge in [0.1, 0.15) is 16.4 Å². The van der Waals surface area contributed by atoms with E-state index in [2.05, 4.69) is 17.2 Å². The summed E-state index contributed by atoms with van der Waals surface area (Å²) in [6.45, 7) is 6.20. The lowest BCUT2D eigenvalue weighted by molar-refractivity contribution is 0.228. The van der Waals surface area contributed by atoms with E-state index in [0.29, 0.717) is 30.2 Å². The minimum atomic E-state index is -3.95. The normalized spacial score (nSPS) is 14.8. The van der Waals surface area contributed by atoms with E-state index in [1.165, 1.54) is 22.5 Å². The summed E-state index contributed by atoms with van der Waals surface area (Å²) >= 11 is 6.10. The van der Waals surface area contributed by atoms with E-state index in [0.717, 1.165) is 5.56 Å². The second kappa shape index (κ2) is 10.7. The van der Waals surface area contributed by atoms with E-state index in [1.807, 2.05) is 13.0 Å². The first kappa shape index (κ1) is 24.6. The maximum Gasteiger partial charge on any atom is 0.315 e. The first-order valence-electron chi connectivity index (χ1n) is 10.4. The Kier molecular flexibility index (Phi) is 7.97. The third-order valence-corrected chi connectivity index (χ3v) is 7.27. The largest absolute Gasteiger partial charge is 0.456 e. The van der Waals surface area contributed by atoms with Gasteiger partial charge in [0, 0.05) is 30.7 Å². The topological polar surface area (TPSA) is 112 Å². The molecule has 1 aliphatic heterocycles. The first-order valence-corrected chi connectivity index (χ1v) is 12.2. The predicted molar refractivity (Wildman–Crippen MR) is 126 cm³/mol. The highest BCUT2D eigenvalue weighted by molar-refractivity contribution is 7.89. The maximum atomic E-state index is 13.5. The number of hydrogen-bond acceptors (Lipinski definition) is 5. The maximum absolute atomic E-state index is 13.5. The van der Waals surface area contributed by atoms with Gasteiger partial charge in [-0.15, -0.1) is 6.58 Å². The summed E-state index contributed by atoms with van der Waals surface area (Å²) in [4.78, 5) is 11.8. The predicted octanol–water partition coefficient (Wildman–Crippen LogP) is 3.95. The van der Waals surface area contributed by atoms with Gasteiger partial charge in [0.25, 0.3) is 0 Å². The van der Waals surface area contributed by atoms with Crippen LogP contribution in [0.5, 0.6) is 11.5 Å². The molecule has 0 atom stereocenters. The molecule has 1 heterocycles. The first-order chi connectivity index (χ1) is 15.7. The number of halogens is 1. The molecule has 174 valence electrons. The van der Waals surface area contributed by atoms with Crippen LogP contribution in [0.25, 0.3) is 0 Å². The van der Waals surface area contributed by atoms with E-state index in [-0.39, 0.29) is 41.4 Å². The number of amides is 2. The Bertz CT molecular complexity index is 1170. The summed E-state index contributed by atoms with van der Waals surface area (Å²) in [5.74, 6) is 0.509. The van der Waals surface area contributed by atoms with Crippen molar-refractivity contribution in [3.8, 4) is 17.6 Å². The fourth-order valence-corrected chi connectivity index (χ4v) is 5.42. The summed E-state index contributed by atoms with van der Waals surface area (Å²) in [7, 11) is -3.95. The molecule has 0 radical (unpaired) electrons. The average Bonchev–Trinajstić information content (AvgIpc) is 2.77. The Morgan fingerprint density at radius 2 is 2.03 bits per heavy atom. The van der Waals surface area contributed by atoms with Crippen LogP contribution in [0.1, 0.15) is 24.0 Å². The lowest BCUT2D eigenvalue weighted by Gasteiger charge is -2.32. The second-order valence-electron chi connectivity index (χ2n) is 7.66. The van der Waals surface area contributed by atoms with Crippen LogP contribution in [0, 0.1) is 18.3 Å². The molecule has 0 bridgehead atoms. The number of nitriles is 1. The molecule has 0 aliphatic carbocycles. The summed E-state index contributed by atoms with van der Waals surface area (Å²) in [5.41, 5.74) is 1.07. The molecule has 2 aromatic rings. The Balaban J connectivity index is 1.80. The zero-order valence-corrected chi connectivity index (χ0v) is 19.7. The van der Waals surface area contributed by atoms with Crippen molar-refractivity contribution in [1.29, 1.82) is 5.26 Å². The smallest absolute Gasteiger partial charge is 0.315 e. The number of ether oxygens (including phenoxy) is 1. The Labute approximate surface area is 198 Å². The molecule has 0 aromatic heterocycles. The molecule has 0 saturated carbocycles. The average molecular weight is 489 g/mol. The SMILES string of the molecule is C=CCNC(=O)NC1CCN(S(=O)(=O)c2cc(C#N)ccc2Oc2cc(C)cc(Cl)c2)CC1. The highest BCUT2D eigenvalue weighted by Gasteiger charge is 2.32. The van der Waals surface area contributed by atoms with Gasteiger partial charge >= 0.3 is 6.03 Å². The molecule has 10 heteroatoms.